The summed E-state index contributed by atoms with van der Waals surface area (Å²) in [5.74, 6) is 0.127. The summed E-state index contributed by atoms with van der Waals surface area (Å²) in [6.45, 7) is 3.59. The van der Waals surface area contributed by atoms with Crippen molar-refractivity contribution in [1.29, 1.82) is 0 Å². The fourth-order valence-corrected chi connectivity index (χ4v) is 3.00. The first kappa shape index (κ1) is 12.3. The molecule has 0 amide bonds. The minimum Gasteiger partial charge on any atom is -0.242 e. The summed E-state index contributed by atoms with van der Waals surface area (Å²) >= 11 is 1.58. The lowest BCUT2D eigenvalue weighted by atomic mass is 10.2. The van der Waals surface area contributed by atoms with Crippen LogP contribution in [0.5, 0.6) is 0 Å². The van der Waals surface area contributed by atoms with Gasteiger partial charge in [0.1, 0.15) is 0 Å². The van der Waals surface area contributed by atoms with Crippen molar-refractivity contribution in [2.24, 2.45) is 0 Å². The predicted octanol–water partition coefficient (Wildman–Crippen LogP) is 2.91. The van der Waals surface area contributed by atoms with Gasteiger partial charge in [-0.1, -0.05) is 19.1 Å². The van der Waals surface area contributed by atoms with Gasteiger partial charge < -0.3 is 0 Å². The lowest BCUT2D eigenvalue weighted by Gasteiger charge is -2.02. The number of hydrogen-bond acceptors (Lipinski definition) is 4. The van der Waals surface area contributed by atoms with Crippen molar-refractivity contribution in [2.45, 2.75) is 18.7 Å². The number of rotatable bonds is 3. The maximum Gasteiger partial charge on any atom is 0.178 e. The molecule has 0 saturated carbocycles. The highest BCUT2D eigenvalue weighted by molar-refractivity contribution is 7.91. The van der Waals surface area contributed by atoms with E-state index in [2.05, 4.69) is 4.98 Å². The van der Waals surface area contributed by atoms with Gasteiger partial charge in [0.05, 0.1) is 21.3 Å². The summed E-state index contributed by atoms with van der Waals surface area (Å²) < 4.78 is 23.3. The molecule has 0 bridgehead atoms. The van der Waals surface area contributed by atoms with Gasteiger partial charge in [-0.15, -0.1) is 11.3 Å². The van der Waals surface area contributed by atoms with Crippen LogP contribution >= 0.6 is 11.3 Å². The zero-order valence-electron chi connectivity index (χ0n) is 9.67. The molecule has 17 heavy (non-hydrogen) atoms. The van der Waals surface area contributed by atoms with Crippen LogP contribution in [0.4, 0.5) is 0 Å². The molecule has 5 heteroatoms. The number of nitrogens with zero attached hydrogens (tertiary/aromatic N) is 1. The average Bonchev–Trinajstić information content (AvgIpc) is 2.76. The van der Waals surface area contributed by atoms with Crippen LogP contribution < -0.4 is 0 Å². The van der Waals surface area contributed by atoms with E-state index >= 15 is 0 Å². The van der Waals surface area contributed by atoms with Crippen molar-refractivity contribution >= 4 is 21.2 Å². The van der Waals surface area contributed by atoms with Gasteiger partial charge in [0.15, 0.2) is 9.84 Å². The Morgan fingerprint density at radius 1 is 1.24 bits per heavy atom. The Morgan fingerprint density at radius 3 is 2.35 bits per heavy atom. The Labute approximate surface area is 105 Å². The van der Waals surface area contributed by atoms with Crippen molar-refractivity contribution in [3.05, 3.63) is 34.7 Å². The van der Waals surface area contributed by atoms with E-state index in [1.54, 1.807) is 42.5 Å². The Balaban J connectivity index is 2.37. The summed E-state index contributed by atoms with van der Waals surface area (Å²) in [5, 5.41) is 2.98. The van der Waals surface area contributed by atoms with E-state index in [0.29, 0.717) is 4.90 Å². The summed E-state index contributed by atoms with van der Waals surface area (Å²) in [7, 11) is -3.11. The van der Waals surface area contributed by atoms with Crippen LogP contribution in [0.15, 0.2) is 34.5 Å². The van der Waals surface area contributed by atoms with Gasteiger partial charge in [0, 0.05) is 10.9 Å². The van der Waals surface area contributed by atoms with Crippen LogP contribution in [-0.4, -0.2) is 19.2 Å². The second kappa shape index (κ2) is 4.58. The summed E-state index contributed by atoms with van der Waals surface area (Å²) in [6.07, 6.45) is 0. The molecule has 0 fully saturated rings. The molecule has 1 aromatic carbocycles. The van der Waals surface area contributed by atoms with Crippen molar-refractivity contribution in [3.63, 3.8) is 0 Å². The van der Waals surface area contributed by atoms with Crippen molar-refractivity contribution in [2.75, 3.05) is 5.75 Å². The topological polar surface area (TPSA) is 47.0 Å². The third-order valence-corrected chi connectivity index (χ3v) is 5.03. The Kier molecular flexibility index (Phi) is 3.31. The van der Waals surface area contributed by atoms with Gasteiger partial charge in [-0.2, -0.15) is 0 Å². The molecule has 0 unspecified atom stereocenters. The molecule has 0 radical (unpaired) electrons. The second-order valence-corrected chi connectivity index (χ2v) is 7.02. The summed E-state index contributed by atoms with van der Waals surface area (Å²) in [6, 6.07) is 6.89. The molecule has 0 aliphatic carbocycles. The highest BCUT2D eigenvalue weighted by Crippen LogP contribution is 2.23. The fourth-order valence-electron chi connectivity index (χ4n) is 1.50. The standard InChI is InChI=1S/C12H13NO2S2/c1-3-17(14,15)11-6-4-10(5-7-11)12-8-16-9(2)13-12/h4-8H,3H2,1-2H3. The van der Waals surface area contributed by atoms with Crippen LogP contribution in [-0.2, 0) is 9.84 Å². The molecular formula is C12H13NO2S2. The number of sulfone groups is 1. The van der Waals surface area contributed by atoms with E-state index in [-0.39, 0.29) is 5.75 Å². The molecule has 0 atom stereocenters. The van der Waals surface area contributed by atoms with E-state index < -0.39 is 9.84 Å². The van der Waals surface area contributed by atoms with Gasteiger partial charge in [0.25, 0.3) is 0 Å². The molecular weight excluding hydrogens is 254 g/mol. The molecule has 2 aromatic rings. The molecule has 1 aromatic heterocycles. The van der Waals surface area contributed by atoms with Crippen LogP contribution in [0, 0.1) is 6.92 Å². The highest BCUT2D eigenvalue weighted by atomic mass is 32.2. The number of thiazole rings is 1. The zero-order valence-corrected chi connectivity index (χ0v) is 11.3. The molecule has 2 rings (SSSR count). The quantitative estimate of drug-likeness (QED) is 0.859. The molecule has 0 saturated heterocycles. The van der Waals surface area contributed by atoms with Gasteiger partial charge in [-0.25, -0.2) is 13.4 Å². The molecule has 0 N–H and O–H groups in total. The van der Waals surface area contributed by atoms with E-state index in [0.717, 1.165) is 16.3 Å². The minimum absolute atomic E-state index is 0.127. The monoisotopic (exact) mass is 267 g/mol. The molecule has 90 valence electrons. The summed E-state index contributed by atoms with van der Waals surface area (Å²) in [4.78, 5) is 4.73. The van der Waals surface area contributed by atoms with Crippen LogP contribution in [0.1, 0.15) is 11.9 Å². The zero-order chi connectivity index (χ0) is 12.5. The Bertz CT molecular complexity index is 612. The van der Waals surface area contributed by atoms with Crippen LogP contribution in [0.3, 0.4) is 0 Å². The smallest absolute Gasteiger partial charge is 0.178 e. The van der Waals surface area contributed by atoms with Crippen molar-refractivity contribution in [1.82, 2.24) is 4.98 Å². The van der Waals surface area contributed by atoms with Crippen molar-refractivity contribution < 1.29 is 8.42 Å². The first-order valence-corrected chi connectivity index (χ1v) is 7.81. The van der Waals surface area contributed by atoms with Crippen LogP contribution in [0.25, 0.3) is 11.3 Å². The van der Waals surface area contributed by atoms with Gasteiger partial charge >= 0.3 is 0 Å². The SMILES string of the molecule is CCS(=O)(=O)c1ccc(-c2csc(C)n2)cc1. The average molecular weight is 267 g/mol. The number of hydrogen-bond donors (Lipinski definition) is 0. The third kappa shape index (κ3) is 2.56. The molecule has 0 spiro atoms. The molecule has 0 aliphatic rings. The third-order valence-electron chi connectivity index (χ3n) is 2.51. The van der Waals surface area contributed by atoms with E-state index in [1.165, 1.54) is 0 Å². The largest absolute Gasteiger partial charge is 0.242 e. The lowest BCUT2D eigenvalue weighted by Crippen LogP contribution is -2.03. The molecule has 0 aliphatic heterocycles. The van der Waals surface area contributed by atoms with Gasteiger partial charge in [-0.3, -0.25) is 0 Å². The molecule has 1 heterocycles. The highest BCUT2D eigenvalue weighted by Gasteiger charge is 2.11. The first-order chi connectivity index (χ1) is 8.03. The fraction of sp³-hybridized carbons (Fsp3) is 0.250. The molecule has 3 nitrogen and oxygen atoms in total. The number of benzene rings is 1. The van der Waals surface area contributed by atoms with E-state index in [9.17, 15) is 8.42 Å². The minimum atomic E-state index is -3.11. The number of aryl methyl sites for hydroxylation is 1. The van der Waals surface area contributed by atoms with Gasteiger partial charge in [-0.05, 0) is 19.1 Å². The predicted molar refractivity (Wildman–Crippen MR) is 70.0 cm³/mol. The lowest BCUT2D eigenvalue weighted by molar-refractivity contribution is 0.597. The summed E-state index contributed by atoms with van der Waals surface area (Å²) in [5.41, 5.74) is 1.84. The van der Waals surface area contributed by atoms with E-state index in [4.69, 9.17) is 0 Å². The van der Waals surface area contributed by atoms with Crippen molar-refractivity contribution in [3.8, 4) is 11.3 Å². The Hall–Kier alpha value is -1.20. The second-order valence-electron chi connectivity index (χ2n) is 3.68. The number of aromatic nitrogens is 1. The van der Waals surface area contributed by atoms with E-state index in [1.807, 2.05) is 12.3 Å². The Morgan fingerprint density at radius 2 is 1.88 bits per heavy atom. The van der Waals surface area contributed by atoms with Gasteiger partial charge in [0.2, 0.25) is 0 Å². The maximum absolute atomic E-state index is 11.6. The maximum atomic E-state index is 11.6. The van der Waals surface area contributed by atoms with Crippen LogP contribution in [0.2, 0.25) is 0 Å². The normalized spacial score (nSPS) is 11.6. The first-order valence-electron chi connectivity index (χ1n) is 5.28.